The van der Waals surface area contributed by atoms with Crippen LogP contribution in [0.2, 0.25) is 5.02 Å². The highest BCUT2D eigenvalue weighted by Gasteiger charge is 2.19. The zero-order valence-corrected chi connectivity index (χ0v) is 18.5. The van der Waals surface area contributed by atoms with Gasteiger partial charge in [0.15, 0.2) is 5.75 Å². The second kappa shape index (κ2) is 7.59. The zero-order chi connectivity index (χ0) is 21.8. The first-order valence-corrected chi connectivity index (χ1v) is 11.5. The fraction of sp³-hybridized carbons (Fsp3) is 0.280. The lowest BCUT2D eigenvalue weighted by atomic mass is 10.1. The summed E-state index contributed by atoms with van der Waals surface area (Å²) in [7, 11) is 0. The first kappa shape index (κ1) is 19.7. The molecular formula is C25H26ClN5O. The van der Waals surface area contributed by atoms with Crippen LogP contribution in [0.3, 0.4) is 0 Å². The van der Waals surface area contributed by atoms with Crippen LogP contribution in [-0.2, 0) is 0 Å². The molecule has 7 heteroatoms. The van der Waals surface area contributed by atoms with E-state index in [-0.39, 0.29) is 0 Å². The molecule has 3 aromatic carbocycles. The number of piperidine rings is 1. The molecule has 6 nitrogen and oxygen atoms in total. The van der Waals surface area contributed by atoms with E-state index in [0.29, 0.717) is 17.7 Å². The molecule has 0 saturated carbocycles. The van der Waals surface area contributed by atoms with Crippen LogP contribution in [0.1, 0.15) is 12.8 Å². The highest BCUT2D eigenvalue weighted by atomic mass is 35.5. The fourth-order valence-electron chi connectivity index (χ4n) is 4.94. The van der Waals surface area contributed by atoms with E-state index >= 15 is 0 Å². The Hall–Kier alpha value is -2.93. The zero-order valence-electron chi connectivity index (χ0n) is 17.7. The predicted octanol–water partition coefficient (Wildman–Crippen LogP) is 4.99. The van der Waals surface area contributed by atoms with Gasteiger partial charge < -0.3 is 26.2 Å². The van der Waals surface area contributed by atoms with Crippen LogP contribution in [0.5, 0.6) is 5.75 Å². The van der Waals surface area contributed by atoms with E-state index in [9.17, 15) is 0 Å². The number of rotatable bonds is 4. The average molecular weight is 448 g/mol. The first-order chi connectivity index (χ1) is 15.6. The number of hydrogen-bond donors (Lipinski definition) is 4. The highest BCUT2D eigenvalue weighted by molar-refractivity contribution is 6.32. The van der Waals surface area contributed by atoms with E-state index in [2.05, 4.69) is 20.9 Å². The van der Waals surface area contributed by atoms with Crippen molar-refractivity contribution in [1.29, 1.82) is 0 Å². The Morgan fingerprint density at radius 2 is 1.56 bits per heavy atom. The Bertz CT molecular complexity index is 1370. The van der Waals surface area contributed by atoms with Crippen molar-refractivity contribution in [3.63, 3.8) is 0 Å². The van der Waals surface area contributed by atoms with Gasteiger partial charge in [-0.3, -0.25) is 4.90 Å². The summed E-state index contributed by atoms with van der Waals surface area (Å²) in [6.07, 6.45) is 2.10. The van der Waals surface area contributed by atoms with Crippen molar-refractivity contribution in [3.8, 4) is 5.75 Å². The number of benzene rings is 3. The SMILES string of the molecule is Nc1ccc2[nH]c3c(OCCN4CCC(N)CC4)c4[nH]c5ccc(Cl)cc5c4cc3c2c1. The summed E-state index contributed by atoms with van der Waals surface area (Å²) in [4.78, 5) is 9.54. The number of hydrogen-bond acceptors (Lipinski definition) is 4. The number of nitrogens with one attached hydrogen (secondary N) is 2. The quantitative estimate of drug-likeness (QED) is 0.292. The van der Waals surface area contributed by atoms with Crippen LogP contribution in [-0.4, -0.2) is 47.2 Å². The molecule has 0 amide bonds. The van der Waals surface area contributed by atoms with Crippen molar-refractivity contribution in [1.82, 2.24) is 14.9 Å². The van der Waals surface area contributed by atoms with E-state index < -0.39 is 0 Å². The highest BCUT2D eigenvalue weighted by Crippen LogP contribution is 2.41. The molecular weight excluding hydrogens is 422 g/mol. The minimum Gasteiger partial charge on any atom is -0.488 e. The van der Waals surface area contributed by atoms with Gasteiger partial charge in [0.25, 0.3) is 0 Å². The topological polar surface area (TPSA) is 96.1 Å². The Morgan fingerprint density at radius 1 is 0.906 bits per heavy atom. The molecule has 1 fully saturated rings. The van der Waals surface area contributed by atoms with Gasteiger partial charge in [-0.15, -0.1) is 0 Å². The van der Waals surface area contributed by atoms with Crippen molar-refractivity contribution in [2.45, 2.75) is 18.9 Å². The number of halogens is 1. The van der Waals surface area contributed by atoms with Crippen LogP contribution in [0.4, 0.5) is 5.69 Å². The summed E-state index contributed by atoms with van der Waals surface area (Å²) >= 11 is 6.33. The van der Waals surface area contributed by atoms with Crippen LogP contribution < -0.4 is 16.2 Å². The van der Waals surface area contributed by atoms with Crippen LogP contribution in [0.15, 0.2) is 42.5 Å². The van der Waals surface area contributed by atoms with Crippen LogP contribution in [0.25, 0.3) is 43.6 Å². The van der Waals surface area contributed by atoms with Crippen molar-refractivity contribution < 1.29 is 4.74 Å². The molecule has 6 rings (SSSR count). The molecule has 2 aromatic heterocycles. The number of H-pyrrole nitrogens is 2. The number of ether oxygens (including phenoxy) is 1. The Morgan fingerprint density at radius 3 is 2.28 bits per heavy atom. The van der Waals surface area contributed by atoms with E-state index in [0.717, 1.165) is 87.5 Å². The van der Waals surface area contributed by atoms with E-state index in [1.54, 1.807) is 0 Å². The molecule has 0 unspecified atom stereocenters. The second-order valence-electron chi connectivity index (χ2n) is 8.82. The molecule has 5 aromatic rings. The maximum atomic E-state index is 6.48. The smallest absolute Gasteiger partial charge is 0.167 e. The summed E-state index contributed by atoms with van der Waals surface area (Å²) in [6.45, 7) is 3.54. The van der Waals surface area contributed by atoms with Gasteiger partial charge in [0, 0.05) is 55.9 Å². The standard InChI is InChI=1S/C25H26ClN5O/c26-14-1-3-21-17(11-14)19-13-20-18-12-16(28)2-4-22(18)30-24(20)25(23(19)29-21)32-10-9-31-7-5-15(27)6-8-31/h1-4,11-13,15,29-30H,5-10,27-28H2. The molecule has 164 valence electrons. The molecule has 1 aliphatic heterocycles. The molecule has 0 bridgehead atoms. The number of fused-ring (bicyclic) bond motifs is 6. The van der Waals surface area contributed by atoms with Gasteiger partial charge in [-0.1, -0.05) is 11.6 Å². The third kappa shape index (κ3) is 3.26. The van der Waals surface area contributed by atoms with E-state index in [4.69, 9.17) is 27.8 Å². The van der Waals surface area contributed by atoms with Gasteiger partial charge in [0.2, 0.25) is 0 Å². The molecule has 0 spiro atoms. The third-order valence-corrected chi connectivity index (χ3v) is 6.93. The van der Waals surface area contributed by atoms with E-state index in [1.165, 1.54) is 0 Å². The molecule has 32 heavy (non-hydrogen) atoms. The number of aromatic nitrogens is 2. The van der Waals surface area contributed by atoms with Crippen LogP contribution in [0, 0.1) is 0 Å². The minimum absolute atomic E-state index is 0.331. The van der Waals surface area contributed by atoms with Crippen molar-refractivity contribution in [2.75, 3.05) is 32.0 Å². The van der Waals surface area contributed by atoms with Crippen LogP contribution >= 0.6 is 11.6 Å². The molecule has 1 saturated heterocycles. The third-order valence-electron chi connectivity index (χ3n) is 6.69. The fourth-order valence-corrected chi connectivity index (χ4v) is 5.11. The van der Waals surface area contributed by atoms with Crippen molar-refractivity contribution in [2.24, 2.45) is 5.73 Å². The van der Waals surface area contributed by atoms with Gasteiger partial charge >= 0.3 is 0 Å². The molecule has 0 atom stereocenters. The Labute approximate surface area is 190 Å². The van der Waals surface area contributed by atoms with Gasteiger partial charge in [-0.05, 0) is 68.4 Å². The lowest BCUT2D eigenvalue weighted by molar-refractivity contribution is 0.175. The number of nitrogens with zero attached hydrogens (tertiary/aromatic N) is 1. The van der Waals surface area contributed by atoms with Gasteiger partial charge in [0.1, 0.15) is 6.61 Å². The normalized spacial score (nSPS) is 16.1. The summed E-state index contributed by atoms with van der Waals surface area (Å²) in [5.74, 6) is 0.841. The minimum atomic E-state index is 0.331. The van der Waals surface area contributed by atoms with E-state index in [1.807, 2.05) is 36.4 Å². The van der Waals surface area contributed by atoms with Gasteiger partial charge in [0.05, 0.1) is 11.0 Å². The number of aromatic amines is 2. The Balaban J connectivity index is 1.48. The average Bonchev–Trinajstić information content (AvgIpc) is 3.32. The lowest BCUT2D eigenvalue weighted by Gasteiger charge is -2.29. The number of anilines is 1. The monoisotopic (exact) mass is 447 g/mol. The summed E-state index contributed by atoms with van der Waals surface area (Å²) < 4.78 is 6.48. The van der Waals surface area contributed by atoms with Crippen molar-refractivity contribution >= 4 is 60.9 Å². The predicted molar refractivity (Wildman–Crippen MR) is 134 cm³/mol. The molecule has 6 N–H and O–H groups in total. The lowest BCUT2D eigenvalue weighted by Crippen LogP contribution is -2.41. The summed E-state index contributed by atoms with van der Waals surface area (Å²) in [5, 5.41) is 5.08. The largest absolute Gasteiger partial charge is 0.488 e. The second-order valence-corrected chi connectivity index (χ2v) is 9.26. The summed E-state index contributed by atoms with van der Waals surface area (Å²) in [5.41, 5.74) is 16.9. The number of nitrogen functional groups attached to an aromatic ring is 1. The maximum absolute atomic E-state index is 6.48. The molecule has 3 heterocycles. The van der Waals surface area contributed by atoms with Crippen molar-refractivity contribution in [3.05, 3.63) is 47.5 Å². The number of likely N-dealkylation sites (tertiary alicyclic amines) is 1. The summed E-state index contributed by atoms with van der Waals surface area (Å²) in [6, 6.07) is 14.4. The molecule has 0 radical (unpaired) electrons. The first-order valence-electron chi connectivity index (χ1n) is 11.1. The number of nitrogens with two attached hydrogens (primary N) is 2. The maximum Gasteiger partial charge on any atom is 0.167 e. The molecule has 1 aliphatic rings. The van der Waals surface area contributed by atoms with Gasteiger partial charge in [-0.25, -0.2) is 0 Å². The van der Waals surface area contributed by atoms with Gasteiger partial charge in [-0.2, -0.15) is 0 Å². The molecule has 0 aliphatic carbocycles. The Kier molecular flexibility index (Phi) is 4.68.